The largest absolute Gasteiger partial charge is 0.480 e. The molecule has 3 N–H and O–H groups in total. The van der Waals surface area contributed by atoms with Crippen LogP contribution in [0.15, 0.2) is 24.3 Å². The first-order valence-electron chi connectivity index (χ1n) is 7.48. The number of benzene rings is 1. The Morgan fingerprint density at radius 3 is 2.36 bits per heavy atom. The van der Waals surface area contributed by atoms with E-state index in [0.717, 1.165) is 18.4 Å². The fourth-order valence-corrected chi connectivity index (χ4v) is 2.30. The van der Waals surface area contributed by atoms with Gasteiger partial charge in [-0.1, -0.05) is 44.0 Å². The second kappa shape index (κ2) is 9.43. The van der Waals surface area contributed by atoms with Gasteiger partial charge in [-0.3, -0.25) is 14.9 Å². The molecule has 1 aromatic carbocycles. The number of carboxylic acids is 1. The van der Waals surface area contributed by atoms with Crippen molar-refractivity contribution in [3.05, 3.63) is 34.9 Å². The lowest BCUT2D eigenvalue weighted by molar-refractivity contribution is -0.139. The van der Waals surface area contributed by atoms with Crippen molar-refractivity contribution in [1.29, 1.82) is 0 Å². The SMILES string of the molecule is CCCC(NCC(=O)NC(CC)c1ccc(Cl)cc1)C(=O)O. The molecule has 1 amide bonds. The smallest absolute Gasteiger partial charge is 0.320 e. The number of rotatable bonds is 9. The summed E-state index contributed by atoms with van der Waals surface area (Å²) in [6.07, 6.45) is 1.98. The number of halogens is 1. The average Bonchev–Trinajstić information content (AvgIpc) is 2.49. The zero-order valence-electron chi connectivity index (χ0n) is 12.9. The number of carbonyl (C=O) groups excluding carboxylic acids is 1. The molecule has 6 heteroatoms. The van der Waals surface area contributed by atoms with Gasteiger partial charge in [0.05, 0.1) is 12.6 Å². The molecule has 0 bridgehead atoms. The van der Waals surface area contributed by atoms with Crippen molar-refractivity contribution in [2.24, 2.45) is 0 Å². The van der Waals surface area contributed by atoms with Crippen LogP contribution in [0.5, 0.6) is 0 Å². The molecule has 0 radical (unpaired) electrons. The van der Waals surface area contributed by atoms with E-state index < -0.39 is 12.0 Å². The maximum atomic E-state index is 12.0. The van der Waals surface area contributed by atoms with Crippen molar-refractivity contribution >= 4 is 23.5 Å². The van der Waals surface area contributed by atoms with Crippen molar-refractivity contribution in [3.8, 4) is 0 Å². The summed E-state index contributed by atoms with van der Waals surface area (Å²) in [6, 6.07) is 6.52. The molecule has 1 rings (SSSR count). The van der Waals surface area contributed by atoms with Gasteiger partial charge in [0.2, 0.25) is 5.91 Å². The predicted octanol–water partition coefficient (Wildman–Crippen LogP) is 2.75. The van der Waals surface area contributed by atoms with Gasteiger partial charge in [0.1, 0.15) is 6.04 Å². The lowest BCUT2D eigenvalue weighted by Gasteiger charge is -2.19. The summed E-state index contributed by atoms with van der Waals surface area (Å²) >= 11 is 5.86. The summed E-state index contributed by atoms with van der Waals surface area (Å²) in [7, 11) is 0. The van der Waals surface area contributed by atoms with Crippen molar-refractivity contribution < 1.29 is 14.7 Å². The third-order valence-electron chi connectivity index (χ3n) is 3.40. The van der Waals surface area contributed by atoms with Gasteiger partial charge in [0.25, 0.3) is 0 Å². The monoisotopic (exact) mass is 326 g/mol. The lowest BCUT2D eigenvalue weighted by Crippen LogP contribution is -2.43. The topological polar surface area (TPSA) is 78.4 Å². The van der Waals surface area contributed by atoms with E-state index in [9.17, 15) is 9.59 Å². The van der Waals surface area contributed by atoms with Crippen LogP contribution < -0.4 is 10.6 Å². The summed E-state index contributed by atoms with van der Waals surface area (Å²) in [5.74, 6) is -1.15. The second-order valence-electron chi connectivity index (χ2n) is 5.14. The third kappa shape index (κ3) is 6.03. The van der Waals surface area contributed by atoms with E-state index in [0.29, 0.717) is 11.4 Å². The van der Waals surface area contributed by atoms with Crippen LogP contribution in [0.1, 0.15) is 44.7 Å². The van der Waals surface area contributed by atoms with Crippen LogP contribution >= 0.6 is 11.6 Å². The number of nitrogens with one attached hydrogen (secondary N) is 2. The van der Waals surface area contributed by atoms with Crippen molar-refractivity contribution in [3.63, 3.8) is 0 Å². The molecule has 2 atom stereocenters. The maximum Gasteiger partial charge on any atom is 0.320 e. The molecule has 122 valence electrons. The summed E-state index contributed by atoms with van der Waals surface area (Å²) in [5.41, 5.74) is 0.976. The fourth-order valence-electron chi connectivity index (χ4n) is 2.18. The first-order valence-corrected chi connectivity index (χ1v) is 7.86. The maximum absolute atomic E-state index is 12.0. The molecule has 0 heterocycles. The molecule has 0 aromatic heterocycles. The molecule has 0 aliphatic rings. The van der Waals surface area contributed by atoms with Crippen molar-refractivity contribution in [2.45, 2.75) is 45.2 Å². The minimum absolute atomic E-state index is 0.0128. The van der Waals surface area contributed by atoms with E-state index in [2.05, 4.69) is 10.6 Å². The summed E-state index contributed by atoms with van der Waals surface area (Å²) < 4.78 is 0. The summed E-state index contributed by atoms with van der Waals surface area (Å²) in [6.45, 7) is 3.87. The first-order chi connectivity index (χ1) is 10.5. The Bertz CT molecular complexity index is 491. The molecular formula is C16H23ClN2O3. The number of amides is 1. The Morgan fingerprint density at radius 1 is 1.23 bits per heavy atom. The Kier molecular flexibility index (Phi) is 7.91. The molecule has 0 saturated carbocycles. The van der Waals surface area contributed by atoms with E-state index in [4.69, 9.17) is 16.7 Å². The van der Waals surface area contributed by atoms with Gasteiger partial charge >= 0.3 is 5.97 Å². The Hall–Kier alpha value is -1.59. The highest BCUT2D eigenvalue weighted by molar-refractivity contribution is 6.30. The van der Waals surface area contributed by atoms with Gasteiger partial charge in [-0.25, -0.2) is 0 Å². The van der Waals surface area contributed by atoms with Crippen LogP contribution in [0, 0.1) is 0 Å². The molecule has 1 aromatic rings. The molecular weight excluding hydrogens is 304 g/mol. The molecule has 0 fully saturated rings. The molecule has 2 unspecified atom stereocenters. The Labute approximate surface area is 136 Å². The highest BCUT2D eigenvalue weighted by atomic mass is 35.5. The van der Waals surface area contributed by atoms with Gasteiger partial charge < -0.3 is 10.4 Å². The molecule has 22 heavy (non-hydrogen) atoms. The number of hydrogen-bond donors (Lipinski definition) is 3. The van der Waals surface area contributed by atoms with Gasteiger partial charge in [0.15, 0.2) is 0 Å². The number of carboxylic acid groups (broad SMARTS) is 1. The third-order valence-corrected chi connectivity index (χ3v) is 3.65. The highest BCUT2D eigenvalue weighted by Crippen LogP contribution is 2.18. The molecule has 0 aliphatic heterocycles. The lowest BCUT2D eigenvalue weighted by atomic mass is 10.0. The van der Waals surface area contributed by atoms with Crippen molar-refractivity contribution in [1.82, 2.24) is 10.6 Å². The van der Waals surface area contributed by atoms with Gasteiger partial charge in [0, 0.05) is 5.02 Å². The van der Waals surface area contributed by atoms with Gasteiger partial charge in [-0.15, -0.1) is 0 Å². The number of hydrogen-bond acceptors (Lipinski definition) is 3. The van der Waals surface area contributed by atoms with E-state index >= 15 is 0 Å². The van der Waals surface area contributed by atoms with Crippen LogP contribution in [-0.2, 0) is 9.59 Å². The van der Waals surface area contributed by atoms with Crippen LogP contribution in [0.4, 0.5) is 0 Å². The minimum atomic E-state index is -0.931. The van der Waals surface area contributed by atoms with Crippen LogP contribution in [0.3, 0.4) is 0 Å². The molecule has 0 saturated heterocycles. The van der Waals surface area contributed by atoms with Gasteiger partial charge in [-0.05, 0) is 30.5 Å². The minimum Gasteiger partial charge on any atom is -0.480 e. The zero-order valence-corrected chi connectivity index (χ0v) is 13.7. The first kappa shape index (κ1) is 18.5. The number of aliphatic carboxylic acids is 1. The van der Waals surface area contributed by atoms with Gasteiger partial charge in [-0.2, -0.15) is 0 Å². The fraction of sp³-hybridized carbons (Fsp3) is 0.500. The molecule has 5 nitrogen and oxygen atoms in total. The normalized spacial score (nSPS) is 13.4. The molecule has 0 aliphatic carbocycles. The standard InChI is InChI=1S/C16H23ClN2O3/c1-3-5-14(16(21)22)18-10-15(20)19-13(4-2)11-6-8-12(17)9-7-11/h6-9,13-14,18H,3-5,10H2,1-2H3,(H,19,20)(H,21,22). The van der Waals surface area contributed by atoms with Crippen LogP contribution in [0.2, 0.25) is 5.02 Å². The average molecular weight is 327 g/mol. The quantitative estimate of drug-likeness (QED) is 0.652. The summed E-state index contributed by atoms with van der Waals surface area (Å²) in [5, 5.41) is 15.4. The second-order valence-corrected chi connectivity index (χ2v) is 5.58. The predicted molar refractivity (Wildman–Crippen MR) is 87.0 cm³/mol. The zero-order chi connectivity index (χ0) is 16.5. The number of carbonyl (C=O) groups is 2. The highest BCUT2D eigenvalue weighted by Gasteiger charge is 2.18. The van der Waals surface area contributed by atoms with Crippen LogP contribution in [-0.4, -0.2) is 29.6 Å². The van der Waals surface area contributed by atoms with E-state index in [1.54, 1.807) is 12.1 Å². The Morgan fingerprint density at radius 2 is 1.86 bits per heavy atom. The van der Waals surface area contributed by atoms with E-state index in [1.807, 2.05) is 26.0 Å². The van der Waals surface area contributed by atoms with E-state index in [1.165, 1.54) is 0 Å². The summed E-state index contributed by atoms with van der Waals surface area (Å²) in [4.78, 5) is 23.0. The molecule has 0 spiro atoms. The van der Waals surface area contributed by atoms with Crippen LogP contribution in [0.25, 0.3) is 0 Å². The Balaban J connectivity index is 2.54. The van der Waals surface area contributed by atoms with E-state index in [-0.39, 0.29) is 18.5 Å². The van der Waals surface area contributed by atoms with Crippen molar-refractivity contribution in [2.75, 3.05) is 6.54 Å².